The summed E-state index contributed by atoms with van der Waals surface area (Å²) in [4.78, 5) is 25.7. The van der Waals surface area contributed by atoms with Gasteiger partial charge in [0.25, 0.3) is 0 Å². The van der Waals surface area contributed by atoms with Crippen molar-refractivity contribution in [3.8, 4) is 0 Å². The van der Waals surface area contributed by atoms with E-state index in [0.717, 1.165) is 11.8 Å². The Kier molecular flexibility index (Phi) is 5.64. The molecule has 1 N–H and O–H groups in total. The number of hydrogen-bond donors (Lipinski definition) is 1. The van der Waals surface area contributed by atoms with Crippen LogP contribution in [0.1, 0.15) is 12.5 Å². The van der Waals surface area contributed by atoms with E-state index in [-0.39, 0.29) is 22.4 Å². The number of rotatable bonds is 6. The number of imidazole rings is 1. The van der Waals surface area contributed by atoms with E-state index in [1.807, 2.05) is 0 Å². The second-order valence-corrected chi connectivity index (χ2v) is 5.73. The maximum absolute atomic E-state index is 12.9. The summed E-state index contributed by atoms with van der Waals surface area (Å²) in [5.74, 6) is -1.12. The molecule has 0 saturated carbocycles. The molecule has 24 heavy (non-hydrogen) atoms. The van der Waals surface area contributed by atoms with Gasteiger partial charge in [-0.25, -0.2) is 9.82 Å². The highest BCUT2D eigenvalue weighted by molar-refractivity contribution is 8.00. The van der Waals surface area contributed by atoms with E-state index in [9.17, 15) is 19.3 Å². The van der Waals surface area contributed by atoms with E-state index in [4.69, 9.17) is 0 Å². The van der Waals surface area contributed by atoms with Crippen LogP contribution in [0.5, 0.6) is 0 Å². The normalized spacial score (nSPS) is 11.4. The summed E-state index contributed by atoms with van der Waals surface area (Å²) < 4.78 is 14.3. The number of amides is 1. The predicted octanol–water partition coefficient (Wildman–Crippen LogP) is 2.10. The van der Waals surface area contributed by atoms with Crippen molar-refractivity contribution in [1.29, 1.82) is 0 Å². The standard InChI is InChI=1S/C14H14FN5O3S/c1-9(10-3-5-11(15)6-4-10)17-18-12(21)7-24-14-13(20(22)23)16-8-19(14)2/h3-6,8H,7H2,1-2H3,(H,18,21). The van der Waals surface area contributed by atoms with Crippen LogP contribution < -0.4 is 5.43 Å². The van der Waals surface area contributed by atoms with Gasteiger partial charge in [0, 0.05) is 7.05 Å². The smallest absolute Gasteiger partial charge is 0.358 e. The fraction of sp³-hybridized carbons (Fsp3) is 0.214. The lowest BCUT2D eigenvalue weighted by Crippen LogP contribution is -2.21. The quantitative estimate of drug-likeness (QED) is 0.372. The van der Waals surface area contributed by atoms with Gasteiger partial charge in [0.15, 0.2) is 5.03 Å². The molecule has 0 saturated heterocycles. The Morgan fingerprint density at radius 2 is 2.12 bits per heavy atom. The number of carbonyl (C=O) groups excluding carboxylic acids is 1. The minimum Gasteiger partial charge on any atom is -0.358 e. The summed E-state index contributed by atoms with van der Waals surface area (Å²) in [6.07, 6.45) is 1.31. The van der Waals surface area contributed by atoms with Gasteiger partial charge in [-0.1, -0.05) is 23.9 Å². The molecule has 0 aliphatic rings. The molecule has 0 atom stereocenters. The Hall–Kier alpha value is -2.75. The van der Waals surface area contributed by atoms with Crippen molar-refractivity contribution in [2.45, 2.75) is 11.9 Å². The van der Waals surface area contributed by atoms with E-state index in [0.29, 0.717) is 11.3 Å². The van der Waals surface area contributed by atoms with E-state index >= 15 is 0 Å². The molecule has 0 fully saturated rings. The van der Waals surface area contributed by atoms with Crippen LogP contribution in [0.3, 0.4) is 0 Å². The van der Waals surface area contributed by atoms with Crippen LogP contribution in [0.15, 0.2) is 40.7 Å². The first kappa shape index (κ1) is 17.6. The number of hydrazone groups is 1. The molecule has 0 bridgehead atoms. The van der Waals surface area contributed by atoms with Crippen molar-refractivity contribution in [3.05, 3.63) is 52.1 Å². The van der Waals surface area contributed by atoms with E-state index in [2.05, 4.69) is 15.5 Å². The summed E-state index contributed by atoms with van der Waals surface area (Å²) in [7, 11) is 1.61. The van der Waals surface area contributed by atoms with Crippen LogP contribution >= 0.6 is 11.8 Å². The monoisotopic (exact) mass is 351 g/mol. The van der Waals surface area contributed by atoms with Crippen molar-refractivity contribution < 1.29 is 14.1 Å². The zero-order valence-electron chi connectivity index (χ0n) is 12.9. The van der Waals surface area contributed by atoms with Crippen LogP contribution in [-0.2, 0) is 11.8 Å². The molecule has 1 amide bonds. The van der Waals surface area contributed by atoms with Gasteiger partial charge < -0.3 is 14.7 Å². The molecule has 8 nitrogen and oxygen atoms in total. The molecule has 0 unspecified atom stereocenters. The number of aryl methyl sites for hydroxylation is 1. The van der Waals surface area contributed by atoms with Gasteiger partial charge in [-0.3, -0.25) is 4.79 Å². The number of nitrogens with one attached hydrogen (secondary N) is 1. The first-order valence-electron chi connectivity index (χ1n) is 6.76. The molecule has 0 aliphatic heterocycles. The molecule has 1 aromatic heterocycles. The fourth-order valence-electron chi connectivity index (χ4n) is 1.77. The Labute approximate surface area is 140 Å². The Balaban J connectivity index is 1.94. The lowest BCUT2D eigenvalue weighted by molar-refractivity contribution is -0.392. The number of nitrogens with zero attached hydrogens (tertiary/aromatic N) is 4. The van der Waals surface area contributed by atoms with Crippen LogP contribution in [0.2, 0.25) is 0 Å². The van der Waals surface area contributed by atoms with Gasteiger partial charge in [-0.2, -0.15) is 5.10 Å². The number of carbonyl (C=O) groups is 1. The number of benzene rings is 1. The molecule has 1 aromatic carbocycles. The first-order chi connectivity index (χ1) is 11.4. The number of halogens is 1. The third kappa shape index (κ3) is 4.38. The Morgan fingerprint density at radius 1 is 1.46 bits per heavy atom. The highest BCUT2D eigenvalue weighted by Crippen LogP contribution is 2.26. The highest BCUT2D eigenvalue weighted by atomic mass is 32.2. The molecule has 1 heterocycles. The molecule has 0 spiro atoms. The second-order valence-electron chi connectivity index (χ2n) is 4.77. The van der Waals surface area contributed by atoms with Gasteiger partial charge >= 0.3 is 5.82 Å². The molecule has 0 aliphatic carbocycles. The average molecular weight is 351 g/mol. The molecule has 126 valence electrons. The summed E-state index contributed by atoms with van der Waals surface area (Å²) in [6.45, 7) is 1.67. The summed E-state index contributed by atoms with van der Waals surface area (Å²) >= 11 is 0.994. The fourth-order valence-corrected chi connectivity index (χ4v) is 2.61. The van der Waals surface area contributed by atoms with E-state index in [1.165, 1.54) is 23.0 Å². The van der Waals surface area contributed by atoms with E-state index < -0.39 is 10.8 Å². The number of aromatic nitrogens is 2. The zero-order chi connectivity index (χ0) is 17.7. The van der Waals surface area contributed by atoms with Crippen molar-refractivity contribution in [2.75, 3.05) is 5.75 Å². The summed E-state index contributed by atoms with van der Waals surface area (Å²) in [5.41, 5.74) is 3.55. The topological polar surface area (TPSA) is 102 Å². The van der Waals surface area contributed by atoms with Gasteiger partial charge in [-0.05, 0) is 34.5 Å². The largest absolute Gasteiger partial charge is 0.395 e. The number of hydrogen-bond acceptors (Lipinski definition) is 6. The van der Waals surface area contributed by atoms with Gasteiger partial charge in [0.1, 0.15) is 5.82 Å². The third-order valence-electron chi connectivity index (χ3n) is 2.99. The highest BCUT2D eigenvalue weighted by Gasteiger charge is 2.21. The molecule has 2 rings (SSSR count). The third-order valence-corrected chi connectivity index (χ3v) is 4.14. The van der Waals surface area contributed by atoms with Gasteiger partial charge in [0.2, 0.25) is 12.2 Å². The van der Waals surface area contributed by atoms with Crippen LogP contribution in [0.25, 0.3) is 0 Å². The van der Waals surface area contributed by atoms with Crippen molar-refractivity contribution in [1.82, 2.24) is 15.0 Å². The minimum absolute atomic E-state index is 0.0550. The molecular weight excluding hydrogens is 337 g/mol. The maximum Gasteiger partial charge on any atom is 0.395 e. The summed E-state index contributed by atoms with van der Waals surface area (Å²) in [5, 5.41) is 15.1. The SMILES string of the molecule is CC(=NNC(=O)CSc1c([N+](=O)[O-])ncn1C)c1ccc(F)cc1. The van der Waals surface area contributed by atoms with Crippen molar-refractivity contribution in [3.63, 3.8) is 0 Å². The molecular formula is C14H14FN5O3S. The second kappa shape index (κ2) is 7.68. The minimum atomic E-state index is -0.600. The van der Waals surface area contributed by atoms with Crippen LogP contribution in [0.4, 0.5) is 10.2 Å². The Bertz CT molecular complexity index is 788. The predicted molar refractivity (Wildman–Crippen MR) is 87.3 cm³/mol. The molecule has 0 radical (unpaired) electrons. The molecule has 10 heteroatoms. The van der Waals surface area contributed by atoms with Crippen LogP contribution in [0, 0.1) is 15.9 Å². The lowest BCUT2D eigenvalue weighted by atomic mass is 10.1. The molecule has 2 aromatic rings. The number of nitro groups is 1. The van der Waals surface area contributed by atoms with Gasteiger partial charge in [0.05, 0.1) is 11.5 Å². The van der Waals surface area contributed by atoms with Crippen molar-refractivity contribution >= 4 is 29.2 Å². The van der Waals surface area contributed by atoms with Gasteiger partial charge in [-0.15, -0.1) is 0 Å². The van der Waals surface area contributed by atoms with Crippen molar-refractivity contribution in [2.24, 2.45) is 12.1 Å². The lowest BCUT2D eigenvalue weighted by Gasteiger charge is -2.03. The maximum atomic E-state index is 12.9. The summed E-state index contributed by atoms with van der Waals surface area (Å²) in [6, 6.07) is 5.70. The number of thioether (sulfide) groups is 1. The average Bonchev–Trinajstić information content (AvgIpc) is 2.92. The first-order valence-corrected chi connectivity index (χ1v) is 7.74. The van der Waals surface area contributed by atoms with Crippen LogP contribution in [-0.4, -0.2) is 31.8 Å². The Morgan fingerprint density at radius 3 is 2.75 bits per heavy atom. The zero-order valence-corrected chi connectivity index (χ0v) is 13.7. The van der Waals surface area contributed by atoms with E-state index in [1.54, 1.807) is 26.1 Å².